The van der Waals surface area contributed by atoms with Gasteiger partial charge in [-0.2, -0.15) is 0 Å². The van der Waals surface area contributed by atoms with E-state index < -0.39 is 0 Å². The zero-order valence-corrected chi connectivity index (χ0v) is 7.75. The number of hydrogen-bond acceptors (Lipinski definition) is 2. The summed E-state index contributed by atoms with van der Waals surface area (Å²) in [6, 6.07) is 0. The molecule has 0 saturated heterocycles. The third kappa shape index (κ3) is 1.17. The van der Waals surface area contributed by atoms with Crippen molar-refractivity contribution in [1.29, 1.82) is 0 Å². The van der Waals surface area contributed by atoms with Gasteiger partial charge in [-0.05, 0) is 31.6 Å². The lowest BCUT2D eigenvalue weighted by Gasteiger charge is -2.13. The fraction of sp³-hybridized carbons (Fsp3) is 1.00. The van der Waals surface area contributed by atoms with Crippen LogP contribution < -0.4 is 0 Å². The van der Waals surface area contributed by atoms with Gasteiger partial charge in [-0.25, -0.2) is 0 Å². The van der Waals surface area contributed by atoms with E-state index in [0.29, 0.717) is 11.8 Å². The van der Waals surface area contributed by atoms with Crippen LogP contribution in [0.25, 0.3) is 0 Å². The molecular formula is C10H18O2. The summed E-state index contributed by atoms with van der Waals surface area (Å²) >= 11 is 0. The third-order valence-electron chi connectivity index (χ3n) is 3.54. The molecule has 2 unspecified atom stereocenters. The Morgan fingerprint density at radius 3 is 2.67 bits per heavy atom. The molecule has 0 spiro atoms. The molecule has 0 bridgehead atoms. The van der Waals surface area contributed by atoms with Gasteiger partial charge in [-0.1, -0.05) is 6.42 Å². The summed E-state index contributed by atoms with van der Waals surface area (Å²) in [6.07, 6.45) is 4.67. The van der Waals surface area contributed by atoms with Gasteiger partial charge in [0.05, 0.1) is 5.60 Å². The van der Waals surface area contributed by atoms with Crippen molar-refractivity contribution in [3.63, 3.8) is 0 Å². The van der Waals surface area contributed by atoms with Crippen LogP contribution in [0, 0.1) is 11.8 Å². The Kier molecular flexibility index (Phi) is 2.13. The highest BCUT2D eigenvalue weighted by Gasteiger charge is 2.64. The van der Waals surface area contributed by atoms with Crippen LogP contribution in [-0.2, 0) is 4.74 Å². The molecule has 2 rings (SSSR count). The van der Waals surface area contributed by atoms with Crippen molar-refractivity contribution in [3.8, 4) is 0 Å². The quantitative estimate of drug-likeness (QED) is 0.649. The monoisotopic (exact) mass is 170 g/mol. The van der Waals surface area contributed by atoms with Crippen LogP contribution in [0.3, 0.4) is 0 Å². The second-order valence-corrected chi connectivity index (χ2v) is 4.08. The van der Waals surface area contributed by atoms with E-state index in [1.807, 2.05) is 6.92 Å². The van der Waals surface area contributed by atoms with E-state index in [9.17, 15) is 5.11 Å². The largest absolute Gasteiger partial charge is 0.389 e. The molecule has 2 aliphatic carbocycles. The second kappa shape index (κ2) is 3.00. The molecule has 0 amide bonds. The molecule has 2 fully saturated rings. The first-order chi connectivity index (χ1) is 5.79. The van der Waals surface area contributed by atoms with Crippen LogP contribution in [-0.4, -0.2) is 23.9 Å². The standard InChI is InChI=1S/C10H18O2/c1-2-12-7-6-10(11)8-4-3-5-9(8)10/h8-9,11H,2-7H2,1H3. The Morgan fingerprint density at radius 1 is 1.42 bits per heavy atom. The van der Waals surface area contributed by atoms with E-state index >= 15 is 0 Å². The lowest BCUT2D eigenvalue weighted by atomic mass is 10.1. The minimum Gasteiger partial charge on any atom is -0.389 e. The van der Waals surface area contributed by atoms with E-state index in [1.54, 1.807) is 0 Å². The van der Waals surface area contributed by atoms with E-state index in [1.165, 1.54) is 19.3 Å². The van der Waals surface area contributed by atoms with E-state index in [-0.39, 0.29) is 5.60 Å². The lowest BCUT2D eigenvalue weighted by Crippen LogP contribution is -2.18. The zero-order chi connectivity index (χ0) is 8.60. The van der Waals surface area contributed by atoms with Gasteiger partial charge >= 0.3 is 0 Å². The average molecular weight is 170 g/mol. The molecule has 0 heterocycles. The fourth-order valence-electron chi connectivity index (χ4n) is 2.80. The van der Waals surface area contributed by atoms with Gasteiger partial charge in [0, 0.05) is 19.6 Å². The Hall–Kier alpha value is -0.0800. The van der Waals surface area contributed by atoms with Crippen molar-refractivity contribution in [2.24, 2.45) is 11.8 Å². The smallest absolute Gasteiger partial charge is 0.0733 e. The summed E-state index contributed by atoms with van der Waals surface area (Å²) in [5, 5.41) is 10.1. The van der Waals surface area contributed by atoms with Crippen LogP contribution >= 0.6 is 0 Å². The van der Waals surface area contributed by atoms with Gasteiger partial charge in [-0.3, -0.25) is 0 Å². The summed E-state index contributed by atoms with van der Waals surface area (Å²) in [7, 11) is 0. The maximum absolute atomic E-state index is 10.1. The first-order valence-corrected chi connectivity index (χ1v) is 5.09. The van der Waals surface area contributed by atoms with Crippen molar-refractivity contribution < 1.29 is 9.84 Å². The molecule has 12 heavy (non-hydrogen) atoms. The molecule has 0 aromatic heterocycles. The number of aliphatic hydroxyl groups is 1. The predicted octanol–water partition coefficient (Wildman–Crippen LogP) is 1.57. The van der Waals surface area contributed by atoms with E-state index in [0.717, 1.165) is 19.6 Å². The Balaban J connectivity index is 1.74. The molecule has 2 heteroatoms. The molecule has 0 radical (unpaired) electrons. The molecule has 70 valence electrons. The number of ether oxygens (including phenoxy) is 1. The summed E-state index contributed by atoms with van der Waals surface area (Å²) in [5.74, 6) is 1.25. The lowest BCUT2D eigenvalue weighted by molar-refractivity contribution is 0.0501. The van der Waals surface area contributed by atoms with E-state index in [4.69, 9.17) is 4.74 Å². The first kappa shape index (κ1) is 8.52. The van der Waals surface area contributed by atoms with Gasteiger partial charge in [0.2, 0.25) is 0 Å². The number of rotatable bonds is 4. The average Bonchev–Trinajstić information content (AvgIpc) is 2.54. The summed E-state index contributed by atoms with van der Waals surface area (Å²) < 4.78 is 5.25. The Morgan fingerprint density at radius 2 is 2.08 bits per heavy atom. The molecular weight excluding hydrogens is 152 g/mol. The van der Waals surface area contributed by atoms with Crippen molar-refractivity contribution in [1.82, 2.24) is 0 Å². The van der Waals surface area contributed by atoms with Crippen molar-refractivity contribution >= 4 is 0 Å². The zero-order valence-electron chi connectivity index (χ0n) is 7.75. The van der Waals surface area contributed by atoms with Crippen molar-refractivity contribution in [2.45, 2.75) is 38.2 Å². The molecule has 2 saturated carbocycles. The van der Waals surface area contributed by atoms with Gasteiger partial charge < -0.3 is 9.84 Å². The van der Waals surface area contributed by atoms with Crippen LogP contribution in [0.5, 0.6) is 0 Å². The minimum absolute atomic E-state index is 0.312. The van der Waals surface area contributed by atoms with Crippen molar-refractivity contribution in [2.75, 3.05) is 13.2 Å². The first-order valence-electron chi connectivity index (χ1n) is 5.09. The highest BCUT2D eigenvalue weighted by molar-refractivity contribution is 5.14. The molecule has 2 aliphatic rings. The Labute approximate surface area is 73.9 Å². The Bertz CT molecular complexity index is 157. The third-order valence-corrected chi connectivity index (χ3v) is 3.54. The highest BCUT2D eigenvalue weighted by Crippen LogP contribution is 2.62. The highest BCUT2D eigenvalue weighted by atomic mass is 16.5. The van der Waals surface area contributed by atoms with Gasteiger partial charge in [-0.15, -0.1) is 0 Å². The predicted molar refractivity (Wildman–Crippen MR) is 46.9 cm³/mol. The molecule has 0 aromatic rings. The van der Waals surface area contributed by atoms with Gasteiger partial charge in [0.15, 0.2) is 0 Å². The maximum Gasteiger partial charge on any atom is 0.0733 e. The molecule has 1 N–H and O–H groups in total. The maximum atomic E-state index is 10.1. The van der Waals surface area contributed by atoms with Crippen LogP contribution in [0.1, 0.15) is 32.6 Å². The number of hydrogen-bond donors (Lipinski definition) is 1. The van der Waals surface area contributed by atoms with E-state index in [2.05, 4.69) is 0 Å². The van der Waals surface area contributed by atoms with Crippen LogP contribution in [0.4, 0.5) is 0 Å². The summed E-state index contributed by atoms with van der Waals surface area (Å²) in [4.78, 5) is 0. The second-order valence-electron chi connectivity index (χ2n) is 4.08. The number of fused-ring (bicyclic) bond motifs is 1. The van der Waals surface area contributed by atoms with Gasteiger partial charge in [0.1, 0.15) is 0 Å². The molecule has 2 atom stereocenters. The molecule has 0 aliphatic heterocycles. The van der Waals surface area contributed by atoms with Crippen LogP contribution in [0.15, 0.2) is 0 Å². The van der Waals surface area contributed by atoms with Crippen LogP contribution in [0.2, 0.25) is 0 Å². The van der Waals surface area contributed by atoms with Crippen molar-refractivity contribution in [3.05, 3.63) is 0 Å². The van der Waals surface area contributed by atoms with Gasteiger partial charge in [0.25, 0.3) is 0 Å². The molecule has 0 aromatic carbocycles. The minimum atomic E-state index is -0.312. The summed E-state index contributed by atoms with van der Waals surface area (Å²) in [6.45, 7) is 3.50. The molecule has 2 nitrogen and oxygen atoms in total. The topological polar surface area (TPSA) is 29.5 Å². The SMILES string of the molecule is CCOCCC1(O)C2CCCC21. The summed E-state index contributed by atoms with van der Waals surface area (Å²) in [5.41, 5.74) is -0.312. The fourth-order valence-corrected chi connectivity index (χ4v) is 2.80. The normalized spacial score (nSPS) is 44.5.